The second-order valence-electron chi connectivity index (χ2n) is 14.5. The largest absolute Gasteiger partial charge is 0.453 e. The summed E-state index contributed by atoms with van der Waals surface area (Å²) >= 11 is 0. The van der Waals surface area contributed by atoms with Crippen LogP contribution in [0.15, 0.2) is 48.5 Å². The van der Waals surface area contributed by atoms with Crippen LogP contribution in [0.3, 0.4) is 0 Å². The van der Waals surface area contributed by atoms with Gasteiger partial charge in [-0.1, -0.05) is 65.3 Å². The van der Waals surface area contributed by atoms with Crippen LogP contribution >= 0.6 is 0 Å². The highest BCUT2D eigenvalue weighted by molar-refractivity contribution is 5.98. The first-order chi connectivity index (χ1) is 25.7. The highest BCUT2D eigenvalue weighted by Gasteiger charge is 2.39. The van der Waals surface area contributed by atoms with Crippen molar-refractivity contribution in [2.24, 2.45) is 11.8 Å². The molecule has 1 aliphatic rings. The van der Waals surface area contributed by atoms with Crippen molar-refractivity contribution in [3.8, 4) is 0 Å². The molecule has 0 aliphatic carbocycles. The molecule has 1 unspecified atom stereocenters. The van der Waals surface area contributed by atoms with E-state index in [1.54, 1.807) is 4.90 Å². The molecular weight excluding hydrogens is 692 g/mol. The zero-order valence-electron chi connectivity index (χ0n) is 32.7. The topological polar surface area (TPSA) is 175 Å². The van der Waals surface area contributed by atoms with Gasteiger partial charge >= 0.3 is 12.2 Å². The van der Waals surface area contributed by atoms with E-state index >= 15 is 0 Å². The Morgan fingerprint density at radius 2 is 1.46 bits per heavy atom. The third kappa shape index (κ3) is 12.6. The zero-order valence-corrected chi connectivity index (χ0v) is 32.7. The van der Waals surface area contributed by atoms with Gasteiger partial charge in [0, 0.05) is 24.5 Å². The first-order valence-electron chi connectivity index (χ1n) is 18.7. The fraction of sp³-hybridized carbons (Fsp3) is 0.550. The summed E-state index contributed by atoms with van der Waals surface area (Å²) in [6, 6.07) is 13.8. The normalized spacial score (nSPS) is 15.7. The molecule has 2 aromatic carbocycles. The Kier molecular flexibility index (Phi) is 16.9. The lowest BCUT2D eigenvalue weighted by Crippen LogP contribution is -2.61. The van der Waals surface area contributed by atoms with Crippen LogP contribution in [0.2, 0.25) is 0 Å². The lowest BCUT2D eigenvalue weighted by molar-refractivity contribution is -0.139. The number of aryl methyl sites for hydroxylation is 2. The SMILES string of the molecule is CCCCN(CC(=O)Nc1ccc(CCc2ccc(NC(=O)[C@@H]3CCCN3C(=O)C(NC(=O)OC)C(C)C)cc2)cc1)C[C@](C=O)(NC(=O)OC)C(C)C. The monoisotopic (exact) mass is 750 g/mol. The molecular formula is C40H58N6O8. The molecule has 3 atom stereocenters. The lowest BCUT2D eigenvalue weighted by atomic mass is 9.87. The number of hydrogen-bond acceptors (Lipinski definition) is 9. The number of benzene rings is 2. The van der Waals surface area contributed by atoms with E-state index in [0.29, 0.717) is 37.3 Å². The minimum absolute atomic E-state index is 0.0491. The predicted octanol–water partition coefficient (Wildman–Crippen LogP) is 4.77. The summed E-state index contributed by atoms with van der Waals surface area (Å²) in [5, 5.41) is 11.2. The van der Waals surface area contributed by atoms with E-state index in [0.717, 1.165) is 43.1 Å². The zero-order chi connectivity index (χ0) is 39.8. The van der Waals surface area contributed by atoms with Crippen molar-refractivity contribution >= 4 is 47.6 Å². The second-order valence-corrected chi connectivity index (χ2v) is 14.5. The summed E-state index contributed by atoms with van der Waals surface area (Å²) in [6.45, 7) is 10.6. The van der Waals surface area contributed by atoms with Gasteiger partial charge < -0.3 is 40.4 Å². The Hall–Kier alpha value is -4.98. The summed E-state index contributed by atoms with van der Waals surface area (Å²) in [6.07, 6.45) is 3.81. The molecule has 296 valence electrons. The highest BCUT2D eigenvalue weighted by atomic mass is 16.5. The van der Waals surface area contributed by atoms with Gasteiger partial charge in [0.2, 0.25) is 17.7 Å². The number of methoxy groups -OCH3 is 2. The number of hydrogen-bond donors (Lipinski definition) is 4. The summed E-state index contributed by atoms with van der Waals surface area (Å²) in [4.78, 5) is 79.2. The number of anilines is 2. The fourth-order valence-electron chi connectivity index (χ4n) is 6.38. The maximum Gasteiger partial charge on any atom is 0.407 e. The summed E-state index contributed by atoms with van der Waals surface area (Å²) < 4.78 is 9.43. The third-order valence-corrected chi connectivity index (χ3v) is 9.83. The van der Waals surface area contributed by atoms with Crippen LogP contribution in [0, 0.1) is 11.8 Å². The molecule has 0 spiro atoms. The Morgan fingerprint density at radius 1 is 0.889 bits per heavy atom. The number of ether oxygens (including phenoxy) is 2. The Bertz CT molecular complexity index is 1560. The molecule has 0 saturated carbocycles. The van der Waals surface area contributed by atoms with Gasteiger partial charge in [-0.2, -0.15) is 0 Å². The molecule has 1 heterocycles. The van der Waals surface area contributed by atoms with Gasteiger partial charge in [0.05, 0.1) is 20.8 Å². The minimum Gasteiger partial charge on any atom is -0.453 e. The quantitative estimate of drug-likeness (QED) is 0.147. The first kappa shape index (κ1) is 43.4. The van der Waals surface area contributed by atoms with E-state index < -0.39 is 29.8 Å². The lowest BCUT2D eigenvalue weighted by Gasteiger charge is -2.37. The Morgan fingerprint density at radius 3 is 1.96 bits per heavy atom. The van der Waals surface area contributed by atoms with E-state index in [1.807, 2.05) is 88.0 Å². The predicted molar refractivity (Wildman–Crippen MR) is 207 cm³/mol. The summed E-state index contributed by atoms with van der Waals surface area (Å²) in [7, 11) is 2.49. The van der Waals surface area contributed by atoms with Crippen LogP contribution in [0.4, 0.5) is 21.0 Å². The number of nitrogens with zero attached hydrogens (tertiary/aromatic N) is 2. The van der Waals surface area contributed by atoms with E-state index in [4.69, 9.17) is 4.74 Å². The number of carbonyl (C=O) groups is 6. The van der Waals surface area contributed by atoms with Crippen LogP contribution < -0.4 is 21.3 Å². The molecule has 14 nitrogen and oxygen atoms in total. The standard InChI is InChI=1S/C40H58N6O8/c1-8-9-22-45(25-40(26-47,28(4)5)44-39(52)54-7)24-34(48)41-31-18-14-29(15-19-31)12-13-30-16-20-32(21-17-30)42-36(49)33-11-10-23-46(33)37(50)35(27(2)3)43-38(51)53-6/h14-21,26-28,33,35H,8-13,22-25H2,1-7H3,(H,41,48)(H,42,49)(H,43,51)(H,44,52)/t33-,35?,40+/m0/s1. The van der Waals surface area contributed by atoms with Crippen molar-refractivity contribution in [3.05, 3.63) is 59.7 Å². The smallest absolute Gasteiger partial charge is 0.407 e. The van der Waals surface area contributed by atoms with E-state index in [2.05, 4.69) is 26.0 Å². The molecule has 0 radical (unpaired) electrons. The first-order valence-corrected chi connectivity index (χ1v) is 18.7. The number of unbranched alkanes of at least 4 members (excludes halogenated alkanes) is 1. The third-order valence-electron chi connectivity index (χ3n) is 9.83. The molecule has 54 heavy (non-hydrogen) atoms. The number of rotatable bonds is 19. The number of aldehydes is 1. The van der Waals surface area contributed by atoms with Gasteiger partial charge in [-0.25, -0.2) is 9.59 Å². The summed E-state index contributed by atoms with van der Waals surface area (Å²) in [5.41, 5.74) is 2.24. The maximum atomic E-state index is 13.3. The average molecular weight is 751 g/mol. The Labute approximate surface area is 319 Å². The van der Waals surface area contributed by atoms with Gasteiger partial charge in [0.1, 0.15) is 23.9 Å². The molecule has 3 rings (SSSR count). The van der Waals surface area contributed by atoms with Crippen LogP contribution in [0.25, 0.3) is 0 Å². The molecule has 2 aromatic rings. The maximum absolute atomic E-state index is 13.3. The highest BCUT2D eigenvalue weighted by Crippen LogP contribution is 2.23. The molecule has 14 heteroatoms. The van der Waals surface area contributed by atoms with Gasteiger partial charge in [-0.05, 0) is 85.9 Å². The molecule has 0 aromatic heterocycles. The van der Waals surface area contributed by atoms with Crippen LogP contribution in [-0.4, -0.2) is 104 Å². The number of alkyl carbamates (subject to hydrolysis) is 2. The van der Waals surface area contributed by atoms with Crippen LogP contribution in [0.5, 0.6) is 0 Å². The second kappa shape index (κ2) is 21.0. The molecule has 0 bridgehead atoms. The van der Waals surface area contributed by atoms with Crippen molar-refractivity contribution in [2.45, 2.75) is 90.8 Å². The van der Waals surface area contributed by atoms with Gasteiger partial charge in [-0.15, -0.1) is 0 Å². The van der Waals surface area contributed by atoms with E-state index in [1.165, 1.54) is 14.2 Å². The van der Waals surface area contributed by atoms with Gasteiger partial charge in [-0.3, -0.25) is 19.3 Å². The number of nitrogens with one attached hydrogen (secondary N) is 4. The molecule has 1 aliphatic heterocycles. The average Bonchev–Trinajstić information content (AvgIpc) is 3.66. The van der Waals surface area contributed by atoms with Gasteiger partial charge in [0.15, 0.2) is 0 Å². The molecule has 5 amide bonds. The van der Waals surface area contributed by atoms with Gasteiger partial charge in [0.25, 0.3) is 0 Å². The minimum atomic E-state index is -1.21. The van der Waals surface area contributed by atoms with E-state index in [9.17, 15) is 28.8 Å². The van der Waals surface area contributed by atoms with Crippen molar-refractivity contribution in [1.82, 2.24) is 20.4 Å². The number of likely N-dealkylation sites (tertiary alicyclic amines) is 1. The number of carbonyl (C=O) groups excluding carboxylic acids is 6. The number of amides is 5. The van der Waals surface area contributed by atoms with Crippen LogP contribution in [0.1, 0.15) is 71.4 Å². The Balaban J connectivity index is 1.53. The van der Waals surface area contributed by atoms with Crippen molar-refractivity contribution in [2.75, 3.05) is 51.0 Å². The molecule has 4 N–H and O–H groups in total. The van der Waals surface area contributed by atoms with Crippen LogP contribution in [-0.2, 0) is 41.5 Å². The molecule has 1 saturated heterocycles. The van der Waals surface area contributed by atoms with E-state index in [-0.39, 0.29) is 42.6 Å². The summed E-state index contributed by atoms with van der Waals surface area (Å²) in [5.74, 6) is -1.22. The molecule has 1 fully saturated rings. The van der Waals surface area contributed by atoms with Crippen molar-refractivity contribution in [3.63, 3.8) is 0 Å². The van der Waals surface area contributed by atoms with Crippen molar-refractivity contribution in [1.29, 1.82) is 0 Å². The van der Waals surface area contributed by atoms with Crippen molar-refractivity contribution < 1.29 is 38.2 Å². The fourth-order valence-corrected chi connectivity index (χ4v) is 6.38.